The van der Waals surface area contributed by atoms with Crippen LogP contribution in [0.2, 0.25) is 0 Å². The Hall–Kier alpha value is -1.69. The Morgan fingerprint density at radius 1 is 1.21 bits per heavy atom. The Labute approximate surface area is 167 Å². The predicted molar refractivity (Wildman–Crippen MR) is 98.1 cm³/mol. The van der Waals surface area contributed by atoms with Crippen molar-refractivity contribution in [2.75, 3.05) is 39.4 Å². The van der Waals surface area contributed by atoms with Crippen LogP contribution < -0.4 is 5.73 Å². The lowest BCUT2D eigenvalue weighted by Crippen LogP contribution is -2.53. The predicted octanol–water partition coefficient (Wildman–Crippen LogP) is 1.19. The van der Waals surface area contributed by atoms with E-state index in [1.165, 1.54) is 23.1 Å². The van der Waals surface area contributed by atoms with E-state index >= 15 is 0 Å². The van der Waals surface area contributed by atoms with Crippen LogP contribution in [0.25, 0.3) is 0 Å². The molecular formula is C18H24F3N3O4S. The molecule has 0 unspecified atom stereocenters. The average Bonchev–Trinajstić information content (AvgIpc) is 2.73. The summed E-state index contributed by atoms with van der Waals surface area (Å²) >= 11 is 0. The third kappa shape index (κ3) is 4.90. The number of rotatable bonds is 4. The summed E-state index contributed by atoms with van der Waals surface area (Å²) in [6.45, 7) is 0.328. The van der Waals surface area contributed by atoms with Crippen LogP contribution in [0.15, 0.2) is 29.2 Å². The first-order valence-electron chi connectivity index (χ1n) is 9.35. The van der Waals surface area contributed by atoms with E-state index in [9.17, 15) is 26.4 Å². The van der Waals surface area contributed by atoms with Crippen molar-refractivity contribution in [3.05, 3.63) is 29.8 Å². The van der Waals surface area contributed by atoms with Gasteiger partial charge in [0.05, 0.1) is 29.9 Å². The Morgan fingerprint density at radius 2 is 1.90 bits per heavy atom. The third-order valence-electron chi connectivity index (χ3n) is 5.32. The zero-order chi connectivity index (χ0) is 21.2. The number of carbonyl (C=O) groups excluding carboxylic acids is 1. The molecule has 2 heterocycles. The van der Waals surface area contributed by atoms with Crippen LogP contribution in [0.4, 0.5) is 13.2 Å². The summed E-state index contributed by atoms with van der Waals surface area (Å²) in [6, 6.07) is 5.81. The molecule has 2 aliphatic rings. The highest BCUT2D eigenvalue weighted by molar-refractivity contribution is 7.89. The minimum Gasteiger partial charge on any atom is -0.378 e. The number of nitrogens with two attached hydrogens (primary N) is 1. The smallest absolute Gasteiger partial charge is 0.378 e. The molecule has 29 heavy (non-hydrogen) atoms. The first kappa shape index (κ1) is 22.0. The van der Waals surface area contributed by atoms with Crippen molar-refractivity contribution in [3.63, 3.8) is 0 Å². The molecule has 2 fully saturated rings. The molecule has 0 saturated carbocycles. The van der Waals surface area contributed by atoms with E-state index in [0.717, 1.165) is 4.31 Å². The van der Waals surface area contributed by atoms with Crippen LogP contribution in [-0.4, -0.2) is 69.1 Å². The van der Waals surface area contributed by atoms with Gasteiger partial charge in [0, 0.05) is 32.7 Å². The molecule has 2 atom stereocenters. The van der Waals surface area contributed by atoms with E-state index in [1.807, 2.05) is 0 Å². The molecule has 0 bridgehead atoms. The van der Waals surface area contributed by atoms with Crippen molar-refractivity contribution in [1.82, 2.24) is 9.21 Å². The number of amides is 1. The first-order valence-corrected chi connectivity index (χ1v) is 10.8. The zero-order valence-corrected chi connectivity index (χ0v) is 16.6. The normalized spacial score (nSPS) is 24.5. The van der Waals surface area contributed by atoms with Gasteiger partial charge in [0.25, 0.3) is 0 Å². The maximum Gasteiger partial charge on any atom is 0.393 e. The van der Waals surface area contributed by atoms with Crippen molar-refractivity contribution < 1.29 is 31.1 Å². The minimum atomic E-state index is -4.60. The molecule has 0 aliphatic carbocycles. The number of morpholine rings is 1. The largest absolute Gasteiger partial charge is 0.393 e. The molecule has 3 rings (SSSR count). The topological polar surface area (TPSA) is 92.9 Å². The molecule has 162 valence electrons. The van der Waals surface area contributed by atoms with Gasteiger partial charge < -0.3 is 15.4 Å². The summed E-state index contributed by atoms with van der Waals surface area (Å²) in [5.74, 6) is -3.42. The first-order chi connectivity index (χ1) is 13.6. The van der Waals surface area contributed by atoms with Gasteiger partial charge in [0.15, 0.2) is 0 Å². The summed E-state index contributed by atoms with van der Waals surface area (Å²) in [5.41, 5.74) is 6.10. The molecule has 7 nitrogen and oxygen atoms in total. The van der Waals surface area contributed by atoms with Crippen molar-refractivity contribution >= 4 is 15.9 Å². The molecule has 2 saturated heterocycles. The molecule has 1 aromatic rings. The van der Waals surface area contributed by atoms with Crippen molar-refractivity contribution in [1.29, 1.82) is 0 Å². The number of piperidine rings is 1. The Morgan fingerprint density at radius 3 is 2.52 bits per heavy atom. The second-order valence-corrected chi connectivity index (χ2v) is 9.22. The van der Waals surface area contributed by atoms with Crippen molar-refractivity contribution in [3.8, 4) is 0 Å². The van der Waals surface area contributed by atoms with Gasteiger partial charge in [-0.2, -0.15) is 17.5 Å². The van der Waals surface area contributed by atoms with Crippen LogP contribution in [0.5, 0.6) is 0 Å². The lowest BCUT2D eigenvalue weighted by Gasteiger charge is -2.39. The number of alkyl halides is 3. The molecular weight excluding hydrogens is 411 g/mol. The summed E-state index contributed by atoms with van der Waals surface area (Å²) in [5, 5.41) is 0. The highest BCUT2D eigenvalue weighted by Gasteiger charge is 2.49. The fourth-order valence-corrected chi connectivity index (χ4v) is 5.30. The lowest BCUT2D eigenvalue weighted by atomic mass is 9.89. The summed E-state index contributed by atoms with van der Waals surface area (Å²) in [6.07, 6.45) is -5.02. The molecule has 0 aromatic heterocycles. The lowest BCUT2D eigenvalue weighted by molar-refractivity contribution is -0.189. The van der Waals surface area contributed by atoms with Gasteiger partial charge in [0.2, 0.25) is 15.9 Å². The molecule has 0 radical (unpaired) electrons. The van der Waals surface area contributed by atoms with Gasteiger partial charge >= 0.3 is 6.18 Å². The highest BCUT2D eigenvalue weighted by Crippen LogP contribution is 2.38. The molecule has 0 spiro atoms. The number of sulfonamides is 1. The molecule has 1 aromatic carbocycles. The zero-order valence-electron chi connectivity index (χ0n) is 15.8. The molecule has 1 amide bonds. The second kappa shape index (κ2) is 8.58. The fraction of sp³-hybridized carbons (Fsp3) is 0.611. The minimum absolute atomic E-state index is 0.104. The van der Waals surface area contributed by atoms with E-state index in [1.54, 1.807) is 6.07 Å². The number of halogens is 3. The summed E-state index contributed by atoms with van der Waals surface area (Å²) in [7, 11) is -4.20. The fourth-order valence-electron chi connectivity index (χ4n) is 3.69. The number of ether oxygens (including phenoxy) is 1. The number of nitrogens with zero attached hydrogens (tertiary/aromatic N) is 2. The van der Waals surface area contributed by atoms with Crippen LogP contribution >= 0.6 is 0 Å². The molecule has 2 aliphatic heterocycles. The number of benzene rings is 1. The maximum atomic E-state index is 13.5. The Bertz CT molecular complexity index is 841. The van der Waals surface area contributed by atoms with Crippen LogP contribution in [0, 0.1) is 11.8 Å². The Kier molecular flexibility index (Phi) is 6.51. The van der Waals surface area contributed by atoms with Crippen LogP contribution in [-0.2, 0) is 26.1 Å². The summed E-state index contributed by atoms with van der Waals surface area (Å²) in [4.78, 5) is 14.1. The van der Waals surface area contributed by atoms with Gasteiger partial charge in [-0.05, 0) is 24.1 Å². The summed E-state index contributed by atoms with van der Waals surface area (Å²) < 4.78 is 72.6. The van der Waals surface area contributed by atoms with E-state index < -0.39 is 46.9 Å². The van der Waals surface area contributed by atoms with Gasteiger partial charge in [-0.15, -0.1) is 0 Å². The average molecular weight is 435 g/mol. The Balaban J connectivity index is 1.89. The van der Waals surface area contributed by atoms with Crippen molar-refractivity contribution in [2.45, 2.75) is 24.0 Å². The van der Waals surface area contributed by atoms with Crippen LogP contribution in [0.3, 0.4) is 0 Å². The maximum absolute atomic E-state index is 13.5. The SMILES string of the molecule is NCc1cccc(S(=O)(=O)N2C[C@H](C(=O)N3CCOCC3)C[C@@H](C(F)(F)F)C2)c1. The van der Waals surface area contributed by atoms with Crippen LogP contribution in [0.1, 0.15) is 12.0 Å². The van der Waals surface area contributed by atoms with Gasteiger partial charge in [-0.3, -0.25) is 4.79 Å². The van der Waals surface area contributed by atoms with Gasteiger partial charge in [-0.1, -0.05) is 12.1 Å². The van der Waals surface area contributed by atoms with E-state index in [0.29, 0.717) is 18.8 Å². The van der Waals surface area contributed by atoms with E-state index in [2.05, 4.69) is 0 Å². The van der Waals surface area contributed by atoms with Crippen molar-refractivity contribution in [2.24, 2.45) is 17.6 Å². The molecule has 11 heteroatoms. The van der Waals surface area contributed by atoms with E-state index in [-0.39, 0.29) is 31.1 Å². The third-order valence-corrected chi connectivity index (χ3v) is 7.15. The highest BCUT2D eigenvalue weighted by atomic mass is 32.2. The monoisotopic (exact) mass is 435 g/mol. The second-order valence-electron chi connectivity index (χ2n) is 7.28. The van der Waals surface area contributed by atoms with E-state index in [4.69, 9.17) is 10.5 Å². The molecule has 2 N–H and O–H groups in total. The van der Waals surface area contributed by atoms with Gasteiger partial charge in [0.1, 0.15) is 0 Å². The quantitative estimate of drug-likeness (QED) is 0.767. The standard InChI is InChI=1S/C18H24F3N3O4S/c19-18(20,21)15-9-14(17(25)23-4-6-28-7-5-23)11-24(12-15)29(26,27)16-3-1-2-13(8-16)10-22/h1-3,8,14-15H,4-7,9-12,22H2/t14-,15-/m1/s1. The number of carbonyl (C=O) groups is 1. The number of hydrogen-bond donors (Lipinski definition) is 1. The number of hydrogen-bond acceptors (Lipinski definition) is 5. The van der Waals surface area contributed by atoms with Gasteiger partial charge in [-0.25, -0.2) is 8.42 Å².